The van der Waals surface area contributed by atoms with E-state index in [9.17, 15) is 9.59 Å². The molecular formula is C19H24N4O2. The van der Waals surface area contributed by atoms with E-state index >= 15 is 0 Å². The highest BCUT2D eigenvalue weighted by molar-refractivity contribution is 6.01. The molecule has 0 spiro atoms. The van der Waals surface area contributed by atoms with Crippen LogP contribution in [0.25, 0.3) is 0 Å². The van der Waals surface area contributed by atoms with Crippen LogP contribution in [-0.4, -0.2) is 34.2 Å². The zero-order valence-corrected chi connectivity index (χ0v) is 14.7. The van der Waals surface area contributed by atoms with Crippen LogP contribution in [0.2, 0.25) is 0 Å². The summed E-state index contributed by atoms with van der Waals surface area (Å²) in [6, 6.07) is 9.60. The number of nitrogens with zero attached hydrogens (tertiary/aromatic N) is 3. The van der Waals surface area contributed by atoms with Crippen LogP contribution in [0.3, 0.4) is 0 Å². The largest absolute Gasteiger partial charge is 0.344 e. The van der Waals surface area contributed by atoms with Gasteiger partial charge in [0.05, 0.1) is 11.9 Å². The van der Waals surface area contributed by atoms with Gasteiger partial charge in [0.1, 0.15) is 6.04 Å². The Hall–Kier alpha value is -2.63. The molecule has 0 radical (unpaired) electrons. The average Bonchev–Trinajstić information content (AvgIpc) is 3.20. The van der Waals surface area contributed by atoms with E-state index in [1.165, 1.54) is 0 Å². The van der Waals surface area contributed by atoms with E-state index in [0.717, 1.165) is 17.7 Å². The van der Waals surface area contributed by atoms with Crippen molar-refractivity contribution in [1.82, 2.24) is 15.1 Å². The standard InChI is InChI=1S/C19H24N4O2/c1-3-14(15-7-5-4-6-8-15)11-18(24)21-17-9-10-23(19(17)25)16-12-20-22(2)13-16/h4-8,12-14,17H,3,9-11H2,1-2H3,(H,21,24)/t14-,17-/m1/s1. The number of aryl methyl sites for hydroxylation is 1. The topological polar surface area (TPSA) is 67.2 Å². The van der Waals surface area contributed by atoms with Gasteiger partial charge in [-0.2, -0.15) is 5.10 Å². The first kappa shape index (κ1) is 17.2. The van der Waals surface area contributed by atoms with Gasteiger partial charge in [0.15, 0.2) is 0 Å². The molecular weight excluding hydrogens is 316 g/mol. The number of anilines is 1. The second-order valence-electron chi connectivity index (χ2n) is 6.49. The molecule has 1 aliphatic rings. The molecule has 2 aromatic rings. The molecule has 6 nitrogen and oxygen atoms in total. The quantitative estimate of drug-likeness (QED) is 0.877. The van der Waals surface area contributed by atoms with Crippen molar-refractivity contribution in [1.29, 1.82) is 0 Å². The van der Waals surface area contributed by atoms with Crippen molar-refractivity contribution in [2.45, 2.75) is 38.1 Å². The molecule has 0 bridgehead atoms. The zero-order valence-electron chi connectivity index (χ0n) is 14.7. The third kappa shape index (κ3) is 3.90. The first-order valence-corrected chi connectivity index (χ1v) is 8.72. The maximum absolute atomic E-state index is 12.6. The molecule has 132 valence electrons. The lowest BCUT2D eigenvalue weighted by Crippen LogP contribution is -2.41. The van der Waals surface area contributed by atoms with Crippen molar-refractivity contribution < 1.29 is 9.59 Å². The van der Waals surface area contributed by atoms with Crippen LogP contribution in [0, 0.1) is 0 Å². The zero-order chi connectivity index (χ0) is 17.8. The van der Waals surface area contributed by atoms with Crippen LogP contribution in [0.1, 0.15) is 37.7 Å². The second kappa shape index (κ2) is 7.51. The third-order valence-electron chi connectivity index (χ3n) is 4.74. The summed E-state index contributed by atoms with van der Waals surface area (Å²) >= 11 is 0. The molecule has 2 atom stereocenters. The van der Waals surface area contributed by atoms with Crippen LogP contribution in [0.4, 0.5) is 5.69 Å². The lowest BCUT2D eigenvalue weighted by molar-refractivity contribution is -0.126. The SMILES string of the molecule is CC[C@H](CC(=O)N[C@@H]1CCN(c2cnn(C)c2)C1=O)c1ccccc1. The molecule has 3 rings (SSSR count). The Morgan fingerprint density at radius 1 is 1.36 bits per heavy atom. The number of benzene rings is 1. The highest BCUT2D eigenvalue weighted by atomic mass is 16.2. The summed E-state index contributed by atoms with van der Waals surface area (Å²) in [5.41, 5.74) is 1.94. The molecule has 1 saturated heterocycles. The normalized spacial score (nSPS) is 18.4. The van der Waals surface area contributed by atoms with E-state index in [2.05, 4.69) is 17.3 Å². The average molecular weight is 340 g/mol. The van der Waals surface area contributed by atoms with E-state index < -0.39 is 6.04 Å². The van der Waals surface area contributed by atoms with Crippen LogP contribution in [-0.2, 0) is 16.6 Å². The molecule has 0 unspecified atom stereocenters. The maximum atomic E-state index is 12.6. The van der Waals surface area contributed by atoms with Crippen molar-refractivity contribution >= 4 is 17.5 Å². The molecule has 2 amide bonds. The predicted molar refractivity (Wildman–Crippen MR) is 96.2 cm³/mol. The minimum absolute atomic E-state index is 0.0610. The fraction of sp³-hybridized carbons (Fsp3) is 0.421. The van der Waals surface area contributed by atoms with Crippen LogP contribution >= 0.6 is 0 Å². The summed E-state index contributed by atoms with van der Waals surface area (Å²) in [7, 11) is 1.82. The van der Waals surface area contributed by atoms with E-state index in [0.29, 0.717) is 19.4 Å². The van der Waals surface area contributed by atoms with Crippen molar-refractivity contribution in [3.63, 3.8) is 0 Å². The number of hydrogen-bond acceptors (Lipinski definition) is 3. The van der Waals surface area contributed by atoms with Crippen molar-refractivity contribution in [2.75, 3.05) is 11.4 Å². The van der Waals surface area contributed by atoms with Gasteiger partial charge < -0.3 is 10.2 Å². The molecule has 0 aliphatic carbocycles. The highest BCUT2D eigenvalue weighted by Crippen LogP contribution is 2.24. The van der Waals surface area contributed by atoms with Gasteiger partial charge in [-0.05, 0) is 24.3 Å². The molecule has 0 saturated carbocycles. The Labute approximate surface area is 147 Å². The van der Waals surface area contributed by atoms with E-state index in [1.54, 1.807) is 15.8 Å². The fourth-order valence-corrected chi connectivity index (χ4v) is 3.32. The van der Waals surface area contributed by atoms with Crippen molar-refractivity contribution in [3.8, 4) is 0 Å². The lowest BCUT2D eigenvalue weighted by Gasteiger charge is -2.18. The minimum Gasteiger partial charge on any atom is -0.344 e. The number of rotatable bonds is 6. The second-order valence-corrected chi connectivity index (χ2v) is 6.49. The number of carbonyl (C=O) groups is 2. The summed E-state index contributed by atoms with van der Waals surface area (Å²) < 4.78 is 1.67. The van der Waals surface area contributed by atoms with Crippen molar-refractivity contribution in [2.24, 2.45) is 7.05 Å². The monoisotopic (exact) mass is 340 g/mol. The molecule has 6 heteroatoms. The summed E-state index contributed by atoms with van der Waals surface area (Å²) in [6.07, 6.45) is 5.39. The number of carbonyl (C=O) groups excluding carboxylic acids is 2. The summed E-state index contributed by atoms with van der Waals surface area (Å²) in [5, 5.41) is 7.01. The Bertz CT molecular complexity index is 741. The van der Waals surface area contributed by atoms with Crippen LogP contribution in [0.5, 0.6) is 0 Å². The number of aromatic nitrogens is 2. The Morgan fingerprint density at radius 2 is 2.12 bits per heavy atom. The summed E-state index contributed by atoms with van der Waals surface area (Å²) in [4.78, 5) is 26.7. The summed E-state index contributed by atoms with van der Waals surface area (Å²) in [6.45, 7) is 2.68. The Kier molecular flexibility index (Phi) is 5.16. The predicted octanol–water partition coefficient (Wildman–Crippen LogP) is 2.23. The van der Waals surface area contributed by atoms with Gasteiger partial charge in [0.2, 0.25) is 11.8 Å². The first-order chi connectivity index (χ1) is 12.1. The number of amides is 2. The Balaban J connectivity index is 1.59. The highest BCUT2D eigenvalue weighted by Gasteiger charge is 2.34. The number of nitrogens with one attached hydrogen (secondary N) is 1. The molecule has 25 heavy (non-hydrogen) atoms. The van der Waals surface area contributed by atoms with Crippen molar-refractivity contribution in [3.05, 3.63) is 48.3 Å². The van der Waals surface area contributed by atoms with Crippen LogP contribution < -0.4 is 10.2 Å². The van der Waals surface area contributed by atoms with E-state index in [4.69, 9.17) is 0 Å². The smallest absolute Gasteiger partial charge is 0.249 e. The van der Waals surface area contributed by atoms with Crippen LogP contribution in [0.15, 0.2) is 42.7 Å². The molecule has 2 heterocycles. The molecule has 1 fully saturated rings. The van der Waals surface area contributed by atoms with Gasteiger partial charge in [-0.15, -0.1) is 0 Å². The Morgan fingerprint density at radius 3 is 2.76 bits per heavy atom. The van der Waals surface area contributed by atoms with Gasteiger partial charge >= 0.3 is 0 Å². The van der Waals surface area contributed by atoms with E-state index in [1.807, 2.05) is 43.6 Å². The van der Waals surface area contributed by atoms with Gasteiger partial charge in [-0.3, -0.25) is 14.3 Å². The molecule has 1 aromatic carbocycles. The minimum atomic E-state index is -0.444. The lowest BCUT2D eigenvalue weighted by atomic mass is 9.93. The van der Waals surface area contributed by atoms with Gasteiger partial charge in [0.25, 0.3) is 0 Å². The van der Waals surface area contributed by atoms with Gasteiger partial charge in [0, 0.05) is 26.2 Å². The maximum Gasteiger partial charge on any atom is 0.249 e. The van der Waals surface area contributed by atoms with E-state index in [-0.39, 0.29) is 17.7 Å². The number of hydrogen-bond donors (Lipinski definition) is 1. The molecule has 1 aliphatic heterocycles. The van der Waals surface area contributed by atoms with Gasteiger partial charge in [-0.1, -0.05) is 37.3 Å². The molecule has 1 N–H and O–H groups in total. The van der Waals surface area contributed by atoms with Gasteiger partial charge in [-0.25, -0.2) is 0 Å². The first-order valence-electron chi connectivity index (χ1n) is 8.72. The molecule has 1 aromatic heterocycles. The summed E-state index contributed by atoms with van der Waals surface area (Å²) in [5.74, 6) is 0.0448. The third-order valence-corrected chi connectivity index (χ3v) is 4.74. The fourth-order valence-electron chi connectivity index (χ4n) is 3.32.